The minimum atomic E-state index is -0.455. The van der Waals surface area contributed by atoms with Crippen molar-refractivity contribution in [3.63, 3.8) is 0 Å². The van der Waals surface area contributed by atoms with Crippen LogP contribution in [0.2, 0.25) is 0 Å². The standard InChI is InChI=1S/C19H31NO2/c1-14-9-10-16(15-8-7-11-19(5,6)12-15)20(13-14)17(21)22-18(2,3)4/h8,10,14H,7,9,11-13H2,1-6H3. The first-order chi connectivity index (χ1) is 10.1. The molecule has 0 aromatic carbocycles. The first-order valence-electron chi connectivity index (χ1n) is 8.47. The Kier molecular flexibility index (Phi) is 4.74. The molecule has 0 aromatic rings. The highest BCUT2D eigenvalue weighted by Crippen LogP contribution is 2.40. The Morgan fingerprint density at radius 3 is 2.59 bits per heavy atom. The minimum Gasteiger partial charge on any atom is -0.443 e. The van der Waals surface area contributed by atoms with E-state index in [1.54, 1.807) is 0 Å². The lowest BCUT2D eigenvalue weighted by Crippen LogP contribution is -2.41. The molecule has 2 rings (SSSR count). The summed E-state index contributed by atoms with van der Waals surface area (Å²) in [5.41, 5.74) is 2.26. The molecule has 3 nitrogen and oxygen atoms in total. The molecule has 1 aliphatic heterocycles. The predicted octanol–water partition coefficient (Wildman–Crippen LogP) is 5.28. The fourth-order valence-electron chi connectivity index (χ4n) is 3.21. The highest BCUT2D eigenvalue weighted by Gasteiger charge is 2.33. The Labute approximate surface area is 135 Å². The summed E-state index contributed by atoms with van der Waals surface area (Å²) in [5.74, 6) is 0.480. The van der Waals surface area contributed by atoms with Crippen LogP contribution in [0.4, 0.5) is 4.79 Å². The summed E-state index contributed by atoms with van der Waals surface area (Å²) in [7, 11) is 0. The summed E-state index contributed by atoms with van der Waals surface area (Å²) in [4.78, 5) is 14.5. The molecule has 1 heterocycles. The van der Waals surface area contributed by atoms with Crippen LogP contribution in [0.25, 0.3) is 0 Å². The van der Waals surface area contributed by atoms with Crippen molar-refractivity contribution in [1.82, 2.24) is 4.90 Å². The van der Waals surface area contributed by atoms with Crippen molar-refractivity contribution in [2.75, 3.05) is 6.54 Å². The van der Waals surface area contributed by atoms with Gasteiger partial charge < -0.3 is 4.74 Å². The van der Waals surface area contributed by atoms with Crippen molar-refractivity contribution in [3.8, 4) is 0 Å². The number of hydrogen-bond acceptors (Lipinski definition) is 2. The zero-order chi connectivity index (χ0) is 16.5. The third kappa shape index (κ3) is 4.37. The first kappa shape index (κ1) is 17.1. The van der Waals surface area contributed by atoms with Crippen molar-refractivity contribution in [2.45, 2.75) is 72.8 Å². The summed E-state index contributed by atoms with van der Waals surface area (Å²) in [6.45, 7) is 13.3. The van der Waals surface area contributed by atoms with E-state index in [4.69, 9.17) is 4.74 Å². The van der Waals surface area contributed by atoms with Crippen molar-refractivity contribution >= 4 is 6.09 Å². The average Bonchev–Trinajstić information content (AvgIpc) is 2.35. The van der Waals surface area contributed by atoms with Crippen molar-refractivity contribution in [3.05, 3.63) is 23.4 Å². The fraction of sp³-hybridized carbons (Fsp3) is 0.737. The molecule has 0 radical (unpaired) electrons. The summed E-state index contributed by atoms with van der Waals surface area (Å²) >= 11 is 0. The number of allylic oxidation sites excluding steroid dienone is 3. The van der Waals surface area contributed by atoms with Gasteiger partial charge in [0, 0.05) is 12.2 Å². The van der Waals surface area contributed by atoms with Crippen LogP contribution in [0.15, 0.2) is 23.4 Å². The van der Waals surface area contributed by atoms with Gasteiger partial charge in [0.1, 0.15) is 5.60 Å². The van der Waals surface area contributed by atoms with E-state index in [2.05, 4.69) is 32.9 Å². The molecule has 0 saturated carbocycles. The highest BCUT2D eigenvalue weighted by atomic mass is 16.6. The maximum Gasteiger partial charge on any atom is 0.414 e. The van der Waals surface area contributed by atoms with E-state index in [9.17, 15) is 4.79 Å². The van der Waals surface area contributed by atoms with Gasteiger partial charge in [0.25, 0.3) is 0 Å². The van der Waals surface area contributed by atoms with E-state index in [1.165, 1.54) is 12.0 Å². The topological polar surface area (TPSA) is 29.5 Å². The quantitative estimate of drug-likeness (QED) is 0.659. The van der Waals surface area contributed by atoms with E-state index >= 15 is 0 Å². The van der Waals surface area contributed by atoms with E-state index in [1.807, 2.05) is 25.7 Å². The van der Waals surface area contributed by atoms with E-state index in [0.717, 1.165) is 31.5 Å². The number of ether oxygens (including phenoxy) is 1. The smallest absolute Gasteiger partial charge is 0.414 e. The Bertz CT molecular complexity index is 494. The molecule has 1 atom stereocenters. The summed E-state index contributed by atoms with van der Waals surface area (Å²) in [6, 6.07) is 0. The molecule has 1 aliphatic carbocycles. The molecule has 0 fully saturated rings. The van der Waals surface area contributed by atoms with Crippen molar-refractivity contribution < 1.29 is 9.53 Å². The van der Waals surface area contributed by atoms with Gasteiger partial charge in [0.15, 0.2) is 0 Å². The zero-order valence-corrected chi connectivity index (χ0v) is 15.0. The summed E-state index contributed by atoms with van der Waals surface area (Å²) in [5, 5.41) is 0. The van der Waals surface area contributed by atoms with Gasteiger partial charge in [-0.25, -0.2) is 4.79 Å². The van der Waals surface area contributed by atoms with Crippen LogP contribution in [0.5, 0.6) is 0 Å². The van der Waals surface area contributed by atoms with Crippen LogP contribution in [0.1, 0.15) is 67.2 Å². The number of carbonyl (C=O) groups excluding carboxylic acids is 1. The van der Waals surface area contributed by atoms with Crippen molar-refractivity contribution in [2.24, 2.45) is 11.3 Å². The zero-order valence-electron chi connectivity index (χ0n) is 15.0. The SMILES string of the molecule is CC1CC=C(C2=CCCC(C)(C)C2)N(C(=O)OC(C)(C)C)C1. The van der Waals surface area contributed by atoms with Crippen molar-refractivity contribution in [1.29, 1.82) is 0 Å². The number of hydrogen-bond donors (Lipinski definition) is 0. The lowest BCUT2D eigenvalue weighted by Gasteiger charge is -2.38. The second-order valence-electron chi connectivity index (χ2n) is 8.63. The molecule has 0 saturated heterocycles. The molecule has 0 N–H and O–H groups in total. The summed E-state index contributed by atoms with van der Waals surface area (Å²) in [6.07, 6.45) is 8.70. The lowest BCUT2D eigenvalue weighted by molar-refractivity contribution is 0.0282. The number of nitrogens with zero attached hydrogens (tertiary/aromatic N) is 1. The molecule has 0 aromatic heterocycles. The normalized spacial score (nSPS) is 25.4. The minimum absolute atomic E-state index is 0.213. The molecule has 1 amide bonds. The maximum absolute atomic E-state index is 12.6. The molecule has 0 spiro atoms. The van der Waals surface area contributed by atoms with Crippen LogP contribution in [0, 0.1) is 11.3 Å². The monoisotopic (exact) mass is 305 g/mol. The van der Waals surface area contributed by atoms with Gasteiger partial charge in [-0.3, -0.25) is 4.90 Å². The van der Waals surface area contributed by atoms with Gasteiger partial charge in [-0.05, 0) is 63.4 Å². The second-order valence-corrected chi connectivity index (χ2v) is 8.63. The molecular formula is C19H31NO2. The fourth-order valence-corrected chi connectivity index (χ4v) is 3.21. The van der Waals surface area contributed by atoms with Crippen LogP contribution in [-0.2, 0) is 4.74 Å². The Morgan fingerprint density at radius 1 is 1.32 bits per heavy atom. The molecule has 0 bridgehead atoms. The largest absolute Gasteiger partial charge is 0.443 e. The van der Waals surface area contributed by atoms with Gasteiger partial charge in [-0.1, -0.05) is 32.9 Å². The van der Waals surface area contributed by atoms with E-state index < -0.39 is 5.60 Å². The summed E-state index contributed by atoms with van der Waals surface area (Å²) < 4.78 is 5.62. The van der Waals surface area contributed by atoms with Gasteiger partial charge in [0.05, 0.1) is 0 Å². The Balaban J connectivity index is 2.23. The van der Waals surface area contributed by atoms with Crippen LogP contribution >= 0.6 is 0 Å². The number of rotatable bonds is 1. The van der Waals surface area contributed by atoms with Crippen LogP contribution < -0.4 is 0 Å². The molecule has 22 heavy (non-hydrogen) atoms. The molecule has 124 valence electrons. The lowest BCUT2D eigenvalue weighted by atomic mass is 9.76. The third-order valence-corrected chi connectivity index (χ3v) is 4.32. The van der Waals surface area contributed by atoms with Gasteiger partial charge in [-0.15, -0.1) is 0 Å². The Hall–Kier alpha value is -1.25. The van der Waals surface area contributed by atoms with Crippen LogP contribution in [0.3, 0.4) is 0 Å². The number of carbonyl (C=O) groups is 1. The molecule has 3 heteroatoms. The molecular weight excluding hydrogens is 274 g/mol. The molecule has 2 aliphatic rings. The van der Waals surface area contributed by atoms with E-state index in [-0.39, 0.29) is 6.09 Å². The highest BCUT2D eigenvalue weighted by molar-refractivity contribution is 5.72. The predicted molar refractivity (Wildman–Crippen MR) is 90.5 cm³/mol. The average molecular weight is 305 g/mol. The maximum atomic E-state index is 12.6. The van der Waals surface area contributed by atoms with Gasteiger partial charge in [0.2, 0.25) is 0 Å². The first-order valence-corrected chi connectivity index (χ1v) is 8.47. The third-order valence-electron chi connectivity index (χ3n) is 4.32. The number of amides is 1. The van der Waals surface area contributed by atoms with Crippen LogP contribution in [-0.4, -0.2) is 23.1 Å². The van der Waals surface area contributed by atoms with Gasteiger partial charge >= 0.3 is 6.09 Å². The van der Waals surface area contributed by atoms with E-state index in [0.29, 0.717) is 11.3 Å². The second kappa shape index (κ2) is 6.10. The molecule has 1 unspecified atom stereocenters. The van der Waals surface area contributed by atoms with Gasteiger partial charge in [-0.2, -0.15) is 0 Å². The Morgan fingerprint density at radius 2 is 2.00 bits per heavy atom.